The van der Waals surface area contributed by atoms with Crippen LogP contribution in [0.2, 0.25) is 0 Å². The van der Waals surface area contributed by atoms with Gasteiger partial charge in [-0.05, 0) is 25.5 Å². The van der Waals surface area contributed by atoms with Crippen molar-refractivity contribution in [3.8, 4) is 0 Å². The van der Waals surface area contributed by atoms with Crippen LogP contribution in [0.5, 0.6) is 0 Å². The van der Waals surface area contributed by atoms with Gasteiger partial charge in [0.25, 0.3) is 5.91 Å². The number of hydrogen-bond donors (Lipinski definition) is 2. The van der Waals surface area contributed by atoms with Gasteiger partial charge < -0.3 is 20.1 Å². The van der Waals surface area contributed by atoms with Gasteiger partial charge in [-0.3, -0.25) is 14.4 Å². The minimum absolute atomic E-state index is 0.00561. The number of carbonyl (C=O) groups is 3. The fourth-order valence-corrected chi connectivity index (χ4v) is 2.51. The number of anilines is 1. The first-order valence-electron chi connectivity index (χ1n) is 7.78. The highest BCUT2D eigenvalue weighted by atomic mass is 32.2. The summed E-state index contributed by atoms with van der Waals surface area (Å²) >= 11 is 1.13. The van der Waals surface area contributed by atoms with Crippen LogP contribution in [0.4, 0.5) is 5.69 Å². The molecule has 8 heteroatoms. The molecule has 25 heavy (non-hydrogen) atoms. The SMILES string of the molecule is COCCNC(=O)COC(=O)CSCC(=O)Nc1ccc(C)cc1C. The lowest BCUT2D eigenvalue weighted by Crippen LogP contribution is -2.31. The predicted octanol–water partition coefficient (Wildman–Crippen LogP) is 1.28. The van der Waals surface area contributed by atoms with E-state index in [0.717, 1.165) is 28.6 Å². The molecule has 2 N–H and O–H groups in total. The average Bonchev–Trinajstić information content (AvgIpc) is 2.56. The van der Waals surface area contributed by atoms with Gasteiger partial charge in [-0.1, -0.05) is 17.7 Å². The lowest BCUT2D eigenvalue weighted by molar-refractivity contribution is -0.145. The molecule has 0 radical (unpaired) electrons. The number of aryl methyl sites for hydroxylation is 2. The van der Waals surface area contributed by atoms with Gasteiger partial charge >= 0.3 is 5.97 Å². The first-order valence-corrected chi connectivity index (χ1v) is 8.94. The van der Waals surface area contributed by atoms with E-state index in [4.69, 9.17) is 9.47 Å². The van der Waals surface area contributed by atoms with Gasteiger partial charge in [-0.25, -0.2) is 0 Å². The van der Waals surface area contributed by atoms with Crippen LogP contribution < -0.4 is 10.6 Å². The number of benzene rings is 1. The third-order valence-corrected chi connectivity index (χ3v) is 4.01. The van der Waals surface area contributed by atoms with E-state index in [9.17, 15) is 14.4 Å². The van der Waals surface area contributed by atoms with Gasteiger partial charge in [0.15, 0.2) is 6.61 Å². The molecule has 0 atom stereocenters. The van der Waals surface area contributed by atoms with E-state index in [2.05, 4.69) is 10.6 Å². The second-order valence-electron chi connectivity index (χ2n) is 5.36. The zero-order valence-corrected chi connectivity index (χ0v) is 15.5. The predicted molar refractivity (Wildman–Crippen MR) is 97.7 cm³/mol. The maximum atomic E-state index is 11.9. The number of hydrogen-bond acceptors (Lipinski definition) is 6. The Bertz CT molecular complexity index is 607. The molecule has 2 amide bonds. The molecule has 0 spiro atoms. The zero-order valence-electron chi connectivity index (χ0n) is 14.7. The van der Waals surface area contributed by atoms with Crippen LogP contribution in [0.1, 0.15) is 11.1 Å². The van der Waals surface area contributed by atoms with E-state index in [1.807, 2.05) is 32.0 Å². The Morgan fingerprint density at radius 3 is 2.56 bits per heavy atom. The topological polar surface area (TPSA) is 93.7 Å². The molecule has 138 valence electrons. The minimum atomic E-state index is -0.536. The Morgan fingerprint density at radius 1 is 1.12 bits per heavy atom. The van der Waals surface area contributed by atoms with Gasteiger partial charge in [-0.2, -0.15) is 0 Å². The van der Waals surface area contributed by atoms with Crippen LogP contribution in [0.3, 0.4) is 0 Å². The number of ether oxygens (including phenoxy) is 2. The molecule has 1 aromatic rings. The Labute approximate surface area is 151 Å². The van der Waals surface area contributed by atoms with Gasteiger partial charge in [0.05, 0.1) is 18.1 Å². The van der Waals surface area contributed by atoms with Crippen molar-refractivity contribution in [3.63, 3.8) is 0 Å². The summed E-state index contributed by atoms with van der Waals surface area (Å²) in [6, 6.07) is 5.76. The first-order chi connectivity index (χ1) is 11.9. The Kier molecular flexibility index (Phi) is 9.64. The summed E-state index contributed by atoms with van der Waals surface area (Å²) in [5.41, 5.74) is 2.86. The van der Waals surface area contributed by atoms with Crippen molar-refractivity contribution in [1.29, 1.82) is 0 Å². The molecule has 7 nitrogen and oxygen atoms in total. The van der Waals surface area contributed by atoms with Crippen molar-refractivity contribution in [2.24, 2.45) is 0 Å². The van der Waals surface area contributed by atoms with Gasteiger partial charge in [0.1, 0.15) is 0 Å². The van der Waals surface area contributed by atoms with Crippen LogP contribution in [-0.4, -0.2) is 56.2 Å². The zero-order chi connectivity index (χ0) is 18.7. The van der Waals surface area contributed by atoms with E-state index >= 15 is 0 Å². The molecule has 0 heterocycles. The summed E-state index contributed by atoms with van der Waals surface area (Å²) in [7, 11) is 1.53. The Hall–Kier alpha value is -2.06. The van der Waals surface area contributed by atoms with Crippen LogP contribution in [-0.2, 0) is 23.9 Å². The number of amides is 2. The Morgan fingerprint density at radius 2 is 1.88 bits per heavy atom. The summed E-state index contributed by atoms with van der Waals surface area (Å²) in [6.07, 6.45) is 0. The molecule has 0 unspecified atom stereocenters. The standard InChI is InChI=1S/C17H24N2O5S/c1-12-4-5-14(13(2)8-12)19-16(21)10-25-11-17(22)24-9-15(20)18-6-7-23-3/h4-5,8H,6-7,9-11H2,1-3H3,(H,18,20)(H,19,21). The average molecular weight is 368 g/mol. The smallest absolute Gasteiger partial charge is 0.316 e. The van der Waals surface area contributed by atoms with Crippen LogP contribution >= 0.6 is 11.8 Å². The molecule has 0 aliphatic rings. The van der Waals surface area contributed by atoms with E-state index in [-0.39, 0.29) is 29.9 Å². The molecule has 0 fully saturated rings. The minimum Gasteiger partial charge on any atom is -0.455 e. The molecule has 0 saturated heterocycles. The molecule has 1 rings (SSSR count). The number of nitrogens with one attached hydrogen (secondary N) is 2. The summed E-state index contributed by atoms with van der Waals surface area (Å²) in [5.74, 6) is -0.982. The van der Waals surface area contributed by atoms with Crippen molar-refractivity contribution in [1.82, 2.24) is 5.32 Å². The first kappa shape index (κ1) is 21.0. The van der Waals surface area contributed by atoms with Crippen LogP contribution in [0.15, 0.2) is 18.2 Å². The molecular weight excluding hydrogens is 344 g/mol. The maximum absolute atomic E-state index is 11.9. The second-order valence-corrected chi connectivity index (χ2v) is 6.35. The van der Waals surface area contributed by atoms with Crippen molar-refractivity contribution < 1.29 is 23.9 Å². The fraction of sp³-hybridized carbons (Fsp3) is 0.471. The third kappa shape index (κ3) is 9.11. The Balaban J connectivity index is 2.19. The molecule has 0 bridgehead atoms. The number of carbonyl (C=O) groups excluding carboxylic acids is 3. The number of thioether (sulfide) groups is 1. The van der Waals surface area contributed by atoms with Gasteiger partial charge in [0, 0.05) is 19.3 Å². The third-order valence-electron chi connectivity index (χ3n) is 3.10. The van der Waals surface area contributed by atoms with E-state index in [1.54, 1.807) is 0 Å². The van der Waals surface area contributed by atoms with Gasteiger partial charge in [-0.15, -0.1) is 11.8 Å². The molecule has 0 aliphatic heterocycles. The fourth-order valence-electron chi connectivity index (χ4n) is 1.90. The van der Waals surface area contributed by atoms with Crippen molar-refractivity contribution in [3.05, 3.63) is 29.3 Å². The van der Waals surface area contributed by atoms with Crippen molar-refractivity contribution >= 4 is 35.2 Å². The molecule has 0 saturated carbocycles. The number of esters is 1. The highest BCUT2D eigenvalue weighted by molar-refractivity contribution is 8.00. The number of rotatable bonds is 10. The highest BCUT2D eigenvalue weighted by Gasteiger charge is 2.10. The molecule has 0 aliphatic carbocycles. The summed E-state index contributed by atoms with van der Waals surface area (Å²) in [5, 5.41) is 5.34. The maximum Gasteiger partial charge on any atom is 0.316 e. The number of methoxy groups -OCH3 is 1. The second kappa shape index (κ2) is 11.5. The van der Waals surface area contributed by atoms with Crippen LogP contribution in [0.25, 0.3) is 0 Å². The van der Waals surface area contributed by atoms with E-state index < -0.39 is 5.97 Å². The normalized spacial score (nSPS) is 10.2. The lowest BCUT2D eigenvalue weighted by atomic mass is 10.1. The van der Waals surface area contributed by atoms with Crippen LogP contribution in [0, 0.1) is 13.8 Å². The van der Waals surface area contributed by atoms with E-state index in [1.165, 1.54) is 7.11 Å². The van der Waals surface area contributed by atoms with Crippen molar-refractivity contribution in [2.75, 3.05) is 43.7 Å². The van der Waals surface area contributed by atoms with E-state index in [0.29, 0.717) is 13.2 Å². The van der Waals surface area contributed by atoms with Crippen molar-refractivity contribution in [2.45, 2.75) is 13.8 Å². The molecule has 1 aromatic carbocycles. The largest absolute Gasteiger partial charge is 0.455 e. The summed E-state index contributed by atoms with van der Waals surface area (Å²) in [4.78, 5) is 34.8. The summed E-state index contributed by atoms with van der Waals surface area (Å²) < 4.78 is 9.61. The molecular formula is C17H24N2O5S. The van der Waals surface area contributed by atoms with Gasteiger partial charge in [0.2, 0.25) is 5.91 Å². The lowest BCUT2D eigenvalue weighted by Gasteiger charge is -2.09. The molecule has 0 aromatic heterocycles. The summed E-state index contributed by atoms with van der Waals surface area (Å²) in [6.45, 7) is 4.33. The highest BCUT2D eigenvalue weighted by Crippen LogP contribution is 2.16. The quantitative estimate of drug-likeness (QED) is 0.477. The monoisotopic (exact) mass is 368 g/mol.